The summed E-state index contributed by atoms with van der Waals surface area (Å²) in [4.78, 5) is 14.7. The highest BCUT2D eigenvalue weighted by molar-refractivity contribution is 5.92. The summed E-state index contributed by atoms with van der Waals surface area (Å²) >= 11 is 0. The van der Waals surface area contributed by atoms with Gasteiger partial charge in [0.05, 0.1) is 0 Å². The SMILES string of the molecule is CC(C)N(C)Cc1ccccc1CNC(=O)c1cc(-c2cccc(F)c2)no1. The summed E-state index contributed by atoms with van der Waals surface area (Å²) in [5, 5.41) is 6.74. The van der Waals surface area contributed by atoms with Crippen molar-refractivity contribution in [3.63, 3.8) is 0 Å². The van der Waals surface area contributed by atoms with Crippen LogP contribution in [0.1, 0.15) is 35.5 Å². The molecule has 0 fully saturated rings. The molecule has 0 aliphatic carbocycles. The number of carbonyl (C=O) groups is 1. The van der Waals surface area contributed by atoms with Gasteiger partial charge in [-0.2, -0.15) is 0 Å². The number of nitrogens with one attached hydrogen (secondary N) is 1. The van der Waals surface area contributed by atoms with E-state index in [0.29, 0.717) is 23.8 Å². The van der Waals surface area contributed by atoms with E-state index < -0.39 is 0 Å². The van der Waals surface area contributed by atoms with E-state index >= 15 is 0 Å². The van der Waals surface area contributed by atoms with E-state index in [2.05, 4.69) is 42.3 Å². The third kappa shape index (κ3) is 4.84. The molecule has 1 N–H and O–H groups in total. The van der Waals surface area contributed by atoms with Crippen LogP contribution in [0.5, 0.6) is 0 Å². The Bertz CT molecular complexity index is 952. The quantitative estimate of drug-likeness (QED) is 0.665. The Labute approximate surface area is 164 Å². The average molecular weight is 381 g/mol. The minimum Gasteiger partial charge on any atom is -0.350 e. The molecule has 0 bridgehead atoms. The molecule has 1 heterocycles. The number of aromatic nitrogens is 1. The Kier molecular flexibility index (Phi) is 6.21. The lowest BCUT2D eigenvalue weighted by atomic mass is 10.1. The van der Waals surface area contributed by atoms with Crippen molar-refractivity contribution in [3.8, 4) is 11.3 Å². The van der Waals surface area contributed by atoms with Gasteiger partial charge in [-0.15, -0.1) is 0 Å². The molecule has 0 unspecified atom stereocenters. The number of rotatable bonds is 7. The van der Waals surface area contributed by atoms with Crippen LogP contribution in [0.25, 0.3) is 11.3 Å². The first-order chi connectivity index (χ1) is 13.4. The molecular weight excluding hydrogens is 357 g/mol. The monoisotopic (exact) mass is 381 g/mol. The zero-order valence-electron chi connectivity index (χ0n) is 16.3. The molecule has 0 spiro atoms. The molecule has 0 atom stereocenters. The molecule has 28 heavy (non-hydrogen) atoms. The Hall–Kier alpha value is -2.99. The van der Waals surface area contributed by atoms with Gasteiger partial charge in [0, 0.05) is 30.8 Å². The topological polar surface area (TPSA) is 58.4 Å². The smallest absolute Gasteiger partial charge is 0.290 e. The van der Waals surface area contributed by atoms with Crippen LogP contribution >= 0.6 is 0 Å². The molecule has 1 aromatic heterocycles. The first-order valence-electron chi connectivity index (χ1n) is 9.22. The normalized spacial score (nSPS) is 11.2. The molecule has 0 saturated heterocycles. The van der Waals surface area contributed by atoms with Gasteiger partial charge in [0.2, 0.25) is 5.76 Å². The van der Waals surface area contributed by atoms with E-state index in [-0.39, 0.29) is 17.5 Å². The van der Waals surface area contributed by atoms with Gasteiger partial charge < -0.3 is 9.84 Å². The van der Waals surface area contributed by atoms with Gasteiger partial charge in [-0.05, 0) is 44.2 Å². The second-order valence-corrected chi connectivity index (χ2v) is 7.05. The highest BCUT2D eigenvalue weighted by Crippen LogP contribution is 2.20. The van der Waals surface area contributed by atoms with Crippen molar-refractivity contribution in [1.82, 2.24) is 15.4 Å². The summed E-state index contributed by atoms with van der Waals surface area (Å²) in [5.41, 5.74) is 3.19. The number of carbonyl (C=O) groups excluding carboxylic acids is 1. The van der Waals surface area contributed by atoms with Crippen molar-refractivity contribution in [2.24, 2.45) is 0 Å². The van der Waals surface area contributed by atoms with Crippen LogP contribution < -0.4 is 5.32 Å². The van der Waals surface area contributed by atoms with Gasteiger partial charge in [-0.1, -0.05) is 41.6 Å². The lowest BCUT2D eigenvalue weighted by molar-refractivity contribution is 0.0914. The standard InChI is InChI=1S/C22H24FN3O2/c1-15(2)26(3)14-18-8-5-4-7-17(18)13-24-22(27)21-12-20(25-28-21)16-9-6-10-19(23)11-16/h4-12,15H,13-14H2,1-3H3,(H,24,27). The van der Waals surface area contributed by atoms with Crippen molar-refractivity contribution < 1.29 is 13.7 Å². The zero-order chi connectivity index (χ0) is 20.1. The summed E-state index contributed by atoms with van der Waals surface area (Å²) in [7, 11) is 2.07. The van der Waals surface area contributed by atoms with Crippen molar-refractivity contribution in [2.45, 2.75) is 33.0 Å². The maximum Gasteiger partial charge on any atom is 0.290 e. The summed E-state index contributed by atoms with van der Waals surface area (Å²) in [5.74, 6) is -0.632. The second kappa shape index (κ2) is 8.80. The van der Waals surface area contributed by atoms with Crippen LogP contribution in [0.2, 0.25) is 0 Å². The maximum absolute atomic E-state index is 13.4. The van der Waals surface area contributed by atoms with Crippen molar-refractivity contribution >= 4 is 5.91 Å². The van der Waals surface area contributed by atoms with Gasteiger partial charge in [0.25, 0.3) is 5.91 Å². The Morgan fingerprint density at radius 1 is 1.14 bits per heavy atom. The molecule has 5 nitrogen and oxygen atoms in total. The zero-order valence-corrected chi connectivity index (χ0v) is 16.3. The average Bonchev–Trinajstić information content (AvgIpc) is 3.17. The third-order valence-electron chi connectivity index (χ3n) is 4.71. The molecule has 0 aliphatic heterocycles. The number of halogens is 1. The molecule has 3 rings (SSSR count). The van der Waals surface area contributed by atoms with E-state index in [1.807, 2.05) is 18.2 Å². The Balaban J connectivity index is 1.67. The molecule has 2 aromatic carbocycles. The van der Waals surface area contributed by atoms with Gasteiger partial charge in [-0.25, -0.2) is 4.39 Å². The Morgan fingerprint density at radius 3 is 2.61 bits per heavy atom. The van der Waals surface area contributed by atoms with Gasteiger partial charge in [-0.3, -0.25) is 9.69 Å². The van der Waals surface area contributed by atoms with Crippen molar-refractivity contribution in [1.29, 1.82) is 0 Å². The number of benzene rings is 2. The predicted molar refractivity (Wildman–Crippen MR) is 106 cm³/mol. The largest absolute Gasteiger partial charge is 0.350 e. The van der Waals surface area contributed by atoms with Crippen molar-refractivity contribution in [3.05, 3.63) is 77.3 Å². The lowest BCUT2D eigenvalue weighted by Gasteiger charge is -2.22. The maximum atomic E-state index is 13.4. The molecule has 0 aliphatic rings. The summed E-state index contributed by atoms with van der Waals surface area (Å²) in [6.45, 7) is 5.47. The van der Waals surface area contributed by atoms with Gasteiger partial charge >= 0.3 is 0 Å². The second-order valence-electron chi connectivity index (χ2n) is 7.05. The Morgan fingerprint density at radius 2 is 1.89 bits per heavy atom. The van der Waals surface area contributed by atoms with Crippen LogP contribution in [0.15, 0.2) is 59.1 Å². The molecule has 0 radical (unpaired) electrons. The molecule has 1 amide bonds. The number of hydrogen-bond donors (Lipinski definition) is 1. The summed E-state index contributed by atoms with van der Waals surface area (Å²) in [6, 6.07) is 16.0. The molecule has 6 heteroatoms. The number of hydrogen-bond acceptors (Lipinski definition) is 4. The molecule has 3 aromatic rings. The van der Waals surface area contributed by atoms with Gasteiger partial charge in [0.15, 0.2) is 0 Å². The van der Waals surface area contributed by atoms with E-state index in [1.165, 1.54) is 18.2 Å². The van der Waals surface area contributed by atoms with Crippen molar-refractivity contribution in [2.75, 3.05) is 7.05 Å². The first-order valence-corrected chi connectivity index (χ1v) is 9.22. The van der Waals surface area contributed by atoms with E-state index in [0.717, 1.165) is 17.7 Å². The fourth-order valence-electron chi connectivity index (χ4n) is 2.76. The molecular formula is C22H24FN3O2. The van der Waals surface area contributed by atoms with Crippen LogP contribution in [0, 0.1) is 5.82 Å². The van der Waals surface area contributed by atoms with Crippen LogP contribution in [0.3, 0.4) is 0 Å². The summed E-state index contributed by atoms with van der Waals surface area (Å²) < 4.78 is 18.5. The van der Waals surface area contributed by atoms with E-state index in [1.54, 1.807) is 12.1 Å². The third-order valence-corrected chi connectivity index (χ3v) is 4.71. The summed E-state index contributed by atoms with van der Waals surface area (Å²) in [6.07, 6.45) is 0. The van der Waals surface area contributed by atoms with Gasteiger partial charge in [0.1, 0.15) is 11.5 Å². The highest BCUT2D eigenvalue weighted by Gasteiger charge is 2.15. The lowest BCUT2D eigenvalue weighted by Crippen LogP contribution is -2.27. The first kappa shape index (κ1) is 19.8. The van der Waals surface area contributed by atoms with E-state index in [9.17, 15) is 9.18 Å². The minimum absolute atomic E-state index is 0.0936. The molecule has 146 valence electrons. The fraction of sp³-hybridized carbons (Fsp3) is 0.273. The number of amides is 1. The van der Waals surface area contributed by atoms with Crippen LogP contribution in [-0.2, 0) is 13.1 Å². The predicted octanol–water partition coefficient (Wildman–Crippen LogP) is 4.25. The highest BCUT2D eigenvalue weighted by atomic mass is 19.1. The van der Waals surface area contributed by atoms with Crippen LogP contribution in [0.4, 0.5) is 4.39 Å². The number of nitrogens with zero attached hydrogens (tertiary/aromatic N) is 2. The fourth-order valence-corrected chi connectivity index (χ4v) is 2.76. The van der Waals surface area contributed by atoms with E-state index in [4.69, 9.17) is 4.52 Å². The van der Waals surface area contributed by atoms with Crippen LogP contribution in [-0.4, -0.2) is 29.1 Å². The minimum atomic E-state index is -0.366. The molecule has 0 saturated carbocycles.